The van der Waals surface area contributed by atoms with Gasteiger partial charge in [-0.05, 0) is 30.7 Å². The van der Waals surface area contributed by atoms with Crippen LogP contribution in [0.25, 0.3) is 0 Å². The fraction of sp³-hybridized carbons (Fsp3) is 0.385. The van der Waals surface area contributed by atoms with Crippen molar-refractivity contribution in [1.29, 1.82) is 0 Å². The molecule has 8 heteroatoms. The first-order chi connectivity index (χ1) is 9.89. The first-order valence-corrected chi connectivity index (χ1v) is 7.85. The molecule has 6 nitrogen and oxygen atoms in total. The smallest absolute Gasteiger partial charge is 0.318 e. The van der Waals surface area contributed by atoms with Crippen LogP contribution in [0.3, 0.4) is 0 Å². The maximum atomic E-state index is 12.9. The van der Waals surface area contributed by atoms with Crippen molar-refractivity contribution >= 4 is 22.0 Å². The van der Waals surface area contributed by atoms with Crippen LogP contribution in [0.5, 0.6) is 0 Å². The molecule has 2 unspecified atom stereocenters. The molecule has 2 saturated heterocycles. The number of halogens is 1. The van der Waals surface area contributed by atoms with Crippen molar-refractivity contribution in [2.24, 2.45) is 11.8 Å². The van der Waals surface area contributed by atoms with Gasteiger partial charge in [0.25, 0.3) is 0 Å². The summed E-state index contributed by atoms with van der Waals surface area (Å²) in [5, 5.41) is 0. The Balaban J connectivity index is 1.86. The molecule has 0 N–H and O–H groups in total. The van der Waals surface area contributed by atoms with Crippen molar-refractivity contribution < 1.29 is 27.1 Å². The molecule has 21 heavy (non-hydrogen) atoms. The number of piperidine rings is 1. The lowest BCUT2D eigenvalue weighted by atomic mass is 9.89. The molecule has 0 aromatic heterocycles. The monoisotopic (exact) mass is 313 g/mol. The van der Waals surface area contributed by atoms with E-state index in [0.29, 0.717) is 0 Å². The van der Waals surface area contributed by atoms with E-state index in [4.69, 9.17) is 0 Å². The molecule has 2 heterocycles. The molecule has 112 valence electrons. The SMILES string of the molecule is O=C1OC(=O)C2CN(S(=O)(=O)c3ccc(F)cc3)CCC12. The topological polar surface area (TPSA) is 80.8 Å². The van der Waals surface area contributed by atoms with Crippen molar-refractivity contribution in [3.05, 3.63) is 30.1 Å². The number of rotatable bonds is 2. The molecule has 2 fully saturated rings. The molecular weight excluding hydrogens is 301 g/mol. The number of nitrogens with zero attached hydrogens (tertiary/aromatic N) is 1. The minimum Gasteiger partial charge on any atom is -0.393 e. The zero-order valence-corrected chi connectivity index (χ0v) is 11.7. The van der Waals surface area contributed by atoms with Gasteiger partial charge in [-0.3, -0.25) is 9.59 Å². The number of esters is 2. The van der Waals surface area contributed by atoms with Crippen LogP contribution in [0.4, 0.5) is 4.39 Å². The predicted octanol–water partition coefficient (Wildman–Crippen LogP) is 0.536. The van der Waals surface area contributed by atoms with Crippen LogP contribution in [0, 0.1) is 17.7 Å². The van der Waals surface area contributed by atoms with Crippen molar-refractivity contribution in [3.8, 4) is 0 Å². The van der Waals surface area contributed by atoms with Gasteiger partial charge in [0.2, 0.25) is 10.0 Å². The highest BCUT2D eigenvalue weighted by Crippen LogP contribution is 2.33. The zero-order chi connectivity index (χ0) is 15.2. The van der Waals surface area contributed by atoms with Crippen LogP contribution in [0.15, 0.2) is 29.2 Å². The number of carbonyl (C=O) groups excluding carboxylic acids is 2. The highest BCUT2D eigenvalue weighted by Gasteiger charge is 2.49. The second-order valence-electron chi connectivity index (χ2n) is 5.06. The summed E-state index contributed by atoms with van der Waals surface area (Å²) in [6, 6.07) is 4.48. The molecule has 1 aromatic carbocycles. The van der Waals surface area contributed by atoms with Crippen molar-refractivity contribution in [1.82, 2.24) is 4.31 Å². The number of carbonyl (C=O) groups is 2. The molecule has 0 aliphatic carbocycles. The Kier molecular flexibility index (Phi) is 3.29. The molecule has 0 bridgehead atoms. The Morgan fingerprint density at radius 3 is 2.38 bits per heavy atom. The predicted molar refractivity (Wildman–Crippen MR) is 67.9 cm³/mol. The summed E-state index contributed by atoms with van der Waals surface area (Å²) in [6.07, 6.45) is 0.246. The zero-order valence-electron chi connectivity index (χ0n) is 10.9. The highest BCUT2D eigenvalue weighted by molar-refractivity contribution is 7.89. The second kappa shape index (κ2) is 4.88. The third-order valence-electron chi connectivity index (χ3n) is 3.83. The van der Waals surface area contributed by atoms with Gasteiger partial charge in [-0.2, -0.15) is 4.31 Å². The van der Waals surface area contributed by atoms with Gasteiger partial charge in [0.05, 0.1) is 16.7 Å². The largest absolute Gasteiger partial charge is 0.393 e. The Morgan fingerprint density at radius 1 is 1.10 bits per heavy atom. The molecule has 2 aliphatic heterocycles. The van der Waals surface area contributed by atoms with E-state index >= 15 is 0 Å². The third kappa shape index (κ3) is 2.34. The summed E-state index contributed by atoms with van der Waals surface area (Å²) in [5.41, 5.74) is 0. The van der Waals surface area contributed by atoms with E-state index in [0.717, 1.165) is 16.4 Å². The first-order valence-electron chi connectivity index (χ1n) is 6.41. The fourth-order valence-electron chi connectivity index (χ4n) is 2.67. The van der Waals surface area contributed by atoms with Crippen LogP contribution in [-0.2, 0) is 24.3 Å². The lowest BCUT2D eigenvalue weighted by Crippen LogP contribution is -2.44. The highest BCUT2D eigenvalue weighted by atomic mass is 32.2. The number of hydrogen-bond donors (Lipinski definition) is 0. The van der Waals surface area contributed by atoms with Crippen molar-refractivity contribution in [3.63, 3.8) is 0 Å². The number of ether oxygens (including phenoxy) is 1. The van der Waals surface area contributed by atoms with Gasteiger partial charge in [-0.1, -0.05) is 0 Å². The quantitative estimate of drug-likeness (QED) is 0.588. The summed E-state index contributed by atoms with van der Waals surface area (Å²) < 4.78 is 43.4. The van der Waals surface area contributed by atoms with Crippen LogP contribution < -0.4 is 0 Å². The van der Waals surface area contributed by atoms with Gasteiger partial charge in [0, 0.05) is 13.1 Å². The number of cyclic esters (lactones) is 2. The van der Waals surface area contributed by atoms with Gasteiger partial charge >= 0.3 is 11.9 Å². The van der Waals surface area contributed by atoms with Crippen molar-refractivity contribution in [2.45, 2.75) is 11.3 Å². The van der Waals surface area contributed by atoms with Crippen LogP contribution >= 0.6 is 0 Å². The van der Waals surface area contributed by atoms with Gasteiger partial charge in [-0.25, -0.2) is 12.8 Å². The summed E-state index contributed by atoms with van der Waals surface area (Å²) in [5.74, 6) is -3.09. The van der Waals surface area contributed by atoms with Crippen LogP contribution in [-0.4, -0.2) is 37.8 Å². The number of sulfonamides is 1. The number of fused-ring (bicyclic) bond motifs is 1. The van der Waals surface area contributed by atoms with Crippen molar-refractivity contribution in [2.75, 3.05) is 13.1 Å². The molecule has 0 saturated carbocycles. The summed E-state index contributed by atoms with van der Waals surface area (Å²) in [6.45, 7) is 0.0399. The standard InChI is InChI=1S/C13H12FNO5S/c14-8-1-3-9(4-2-8)21(18,19)15-6-5-10-11(7-15)13(17)20-12(10)16/h1-4,10-11H,5-7H2. The average molecular weight is 313 g/mol. The molecule has 2 atom stereocenters. The van der Waals surface area contributed by atoms with E-state index in [1.807, 2.05) is 0 Å². The van der Waals surface area contributed by atoms with Gasteiger partial charge < -0.3 is 4.74 Å². The van der Waals surface area contributed by atoms with Crippen LogP contribution in [0.2, 0.25) is 0 Å². The van der Waals surface area contributed by atoms with E-state index < -0.39 is 39.6 Å². The Labute approximate surface area is 120 Å². The number of hydrogen-bond acceptors (Lipinski definition) is 5. The molecule has 0 radical (unpaired) electrons. The molecule has 2 aliphatic rings. The van der Waals surface area contributed by atoms with Gasteiger partial charge in [-0.15, -0.1) is 0 Å². The van der Waals surface area contributed by atoms with E-state index in [-0.39, 0.29) is 24.4 Å². The first kappa shape index (κ1) is 14.2. The summed E-state index contributed by atoms with van der Waals surface area (Å²) in [7, 11) is -3.81. The molecule has 3 rings (SSSR count). The lowest BCUT2D eigenvalue weighted by Gasteiger charge is -2.30. The molecule has 1 aromatic rings. The molecule has 0 amide bonds. The second-order valence-corrected chi connectivity index (χ2v) is 7.00. The molecule has 0 spiro atoms. The average Bonchev–Trinajstić information content (AvgIpc) is 2.74. The van der Waals surface area contributed by atoms with Crippen LogP contribution in [0.1, 0.15) is 6.42 Å². The van der Waals surface area contributed by atoms with E-state index in [1.54, 1.807) is 0 Å². The third-order valence-corrected chi connectivity index (χ3v) is 5.71. The Bertz CT molecular complexity index is 700. The van der Waals surface area contributed by atoms with Gasteiger partial charge in [0.15, 0.2) is 0 Å². The minimum absolute atomic E-state index is 0.0416. The lowest BCUT2D eigenvalue weighted by molar-refractivity contribution is -0.153. The minimum atomic E-state index is -3.81. The van der Waals surface area contributed by atoms with E-state index in [9.17, 15) is 22.4 Å². The Morgan fingerprint density at radius 2 is 1.71 bits per heavy atom. The Hall–Kier alpha value is -1.80. The summed E-state index contributed by atoms with van der Waals surface area (Å²) >= 11 is 0. The maximum absolute atomic E-state index is 12.9. The molecular formula is C13H12FNO5S. The van der Waals surface area contributed by atoms with E-state index in [2.05, 4.69) is 4.74 Å². The fourth-order valence-corrected chi connectivity index (χ4v) is 4.15. The van der Waals surface area contributed by atoms with Gasteiger partial charge in [0.1, 0.15) is 5.82 Å². The summed E-state index contributed by atoms with van der Waals surface area (Å²) in [4.78, 5) is 22.9. The number of benzene rings is 1. The normalized spacial score (nSPS) is 26.5. The maximum Gasteiger partial charge on any atom is 0.318 e. The van der Waals surface area contributed by atoms with E-state index in [1.165, 1.54) is 12.1 Å².